The molecule has 102 valence electrons. The second kappa shape index (κ2) is 5.21. The highest BCUT2D eigenvalue weighted by atomic mass is 19.3. The van der Waals surface area contributed by atoms with Gasteiger partial charge >= 0.3 is 5.97 Å². The summed E-state index contributed by atoms with van der Waals surface area (Å²) in [7, 11) is 1.25. The number of anilines is 2. The van der Waals surface area contributed by atoms with Crippen LogP contribution in [0.15, 0.2) is 18.2 Å². The van der Waals surface area contributed by atoms with Crippen molar-refractivity contribution in [2.75, 3.05) is 17.7 Å². The second-order valence-electron chi connectivity index (χ2n) is 4.06. The van der Waals surface area contributed by atoms with Crippen LogP contribution in [-0.2, 0) is 9.53 Å². The Morgan fingerprint density at radius 2 is 2.16 bits per heavy atom. The number of alkyl halides is 2. The molecule has 0 saturated carbocycles. The van der Waals surface area contributed by atoms with Crippen LogP contribution in [0.1, 0.15) is 16.8 Å². The third-order valence-electron chi connectivity index (χ3n) is 2.76. The zero-order valence-corrected chi connectivity index (χ0v) is 10.1. The minimum absolute atomic E-state index is 0.274. The lowest BCUT2D eigenvalue weighted by molar-refractivity contribution is -0.117. The standard InChI is InChI=1S/C12H12F2N2O3/c1-19-12(18)6-2-3-7-8(4-6)16-11(17)9(15-7)5-10(13)14/h2-4,9-10,15H,5H2,1H3,(H,16,17). The molecular weight excluding hydrogens is 258 g/mol. The Kier molecular flexibility index (Phi) is 3.64. The summed E-state index contributed by atoms with van der Waals surface area (Å²) in [6.45, 7) is 0. The molecule has 1 aliphatic heterocycles. The molecule has 1 aliphatic rings. The summed E-state index contributed by atoms with van der Waals surface area (Å²) in [6.07, 6.45) is -3.14. The van der Waals surface area contributed by atoms with E-state index in [2.05, 4.69) is 15.4 Å². The molecule has 0 fully saturated rings. The molecule has 1 amide bonds. The van der Waals surface area contributed by atoms with Crippen LogP contribution in [0.3, 0.4) is 0 Å². The number of amides is 1. The molecule has 1 aromatic rings. The molecule has 0 saturated heterocycles. The van der Waals surface area contributed by atoms with Crippen LogP contribution in [0.2, 0.25) is 0 Å². The highest BCUT2D eigenvalue weighted by molar-refractivity contribution is 6.04. The predicted octanol–water partition coefficient (Wildman–Crippen LogP) is 1.86. The van der Waals surface area contributed by atoms with Gasteiger partial charge in [0.15, 0.2) is 0 Å². The maximum atomic E-state index is 12.3. The number of carbonyl (C=O) groups is 2. The van der Waals surface area contributed by atoms with E-state index in [4.69, 9.17) is 0 Å². The quantitative estimate of drug-likeness (QED) is 0.823. The van der Waals surface area contributed by atoms with Gasteiger partial charge in [-0.25, -0.2) is 13.6 Å². The van der Waals surface area contributed by atoms with Crippen LogP contribution in [0.4, 0.5) is 20.2 Å². The molecule has 19 heavy (non-hydrogen) atoms. The van der Waals surface area contributed by atoms with Crippen LogP contribution >= 0.6 is 0 Å². The van der Waals surface area contributed by atoms with Crippen molar-refractivity contribution in [3.8, 4) is 0 Å². The summed E-state index contributed by atoms with van der Waals surface area (Å²) < 4.78 is 29.2. The maximum absolute atomic E-state index is 12.3. The average Bonchev–Trinajstić information content (AvgIpc) is 2.37. The molecule has 0 aromatic heterocycles. The zero-order valence-electron chi connectivity index (χ0n) is 10.1. The fraction of sp³-hybridized carbons (Fsp3) is 0.333. The van der Waals surface area contributed by atoms with E-state index in [0.717, 1.165) is 0 Å². The lowest BCUT2D eigenvalue weighted by atomic mass is 10.1. The van der Waals surface area contributed by atoms with Crippen molar-refractivity contribution in [1.82, 2.24) is 0 Å². The number of benzene rings is 1. The number of fused-ring (bicyclic) bond motifs is 1. The van der Waals surface area contributed by atoms with E-state index >= 15 is 0 Å². The van der Waals surface area contributed by atoms with Gasteiger partial charge < -0.3 is 15.4 Å². The van der Waals surface area contributed by atoms with Gasteiger partial charge in [-0.3, -0.25) is 4.79 Å². The normalized spacial score (nSPS) is 17.5. The van der Waals surface area contributed by atoms with Gasteiger partial charge in [0.1, 0.15) is 6.04 Å². The van der Waals surface area contributed by atoms with Crippen LogP contribution < -0.4 is 10.6 Å². The molecule has 0 spiro atoms. The van der Waals surface area contributed by atoms with Gasteiger partial charge in [0, 0.05) is 6.42 Å². The van der Waals surface area contributed by atoms with Crippen molar-refractivity contribution < 1.29 is 23.1 Å². The largest absolute Gasteiger partial charge is 0.465 e. The van der Waals surface area contributed by atoms with E-state index in [9.17, 15) is 18.4 Å². The lowest BCUT2D eigenvalue weighted by Gasteiger charge is -2.26. The van der Waals surface area contributed by atoms with Crippen molar-refractivity contribution in [3.05, 3.63) is 23.8 Å². The highest BCUT2D eigenvalue weighted by Gasteiger charge is 2.28. The number of methoxy groups -OCH3 is 1. The van der Waals surface area contributed by atoms with Crippen molar-refractivity contribution in [3.63, 3.8) is 0 Å². The second-order valence-corrected chi connectivity index (χ2v) is 4.06. The number of ether oxygens (including phenoxy) is 1. The van der Waals surface area contributed by atoms with Gasteiger partial charge in [-0.05, 0) is 18.2 Å². The van der Waals surface area contributed by atoms with E-state index in [0.29, 0.717) is 11.4 Å². The number of halogens is 2. The molecule has 1 heterocycles. The zero-order chi connectivity index (χ0) is 14.0. The Balaban J connectivity index is 2.23. The molecule has 0 aliphatic carbocycles. The molecule has 2 rings (SSSR count). The summed E-state index contributed by atoms with van der Waals surface area (Å²) in [6, 6.07) is 3.50. The third kappa shape index (κ3) is 2.81. The summed E-state index contributed by atoms with van der Waals surface area (Å²) in [5.41, 5.74) is 1.15. The van der Waals surface area contributed by atoms with Gasteiger partial charge in [0.05, 0.1) is 24.0 Å². The van der Waals surface area contributed by atoms with E-state index in [1.54, 1.807) is 6.07 Å². The molecule has 1 aromatic carbocycles. The Bertz CT molecular complexity index is 520. The minimum Gasteiger partial charge on any atom is -0.465 e. The number of esters is 1. The predicted molar refractivity (Wildman–Crippen MR) is 64.4 cm³/mol. The first-order chi connectivity index (χ1) is 9.01. The van der Waals surface area contributed by atoms with E-state index < -0.39 is 30.8 Å². The minimum atomic E-state index is -2.57. The van der Waals surface area contributed by atoms with Gasteiger partial charge in [0.2, 0.25) is 12.3 Å². The molecule has 0 bridgehead atoms. The van der Waals surface area contributed by atoms with E-state index in [1.807, 2.05) is 0 Å². The Morgan fingerprint density at radius 1 is 1.42 bits per heavy atom. The number of hydrogen-bond donors (Lipinski definition) is 2. The Labute approximate surface area is 107 Å². The SMILES string of the molecule is COC(=O)c1ccc2c(c1)NC(=O)C(CC(F)F)N2. The van der Waals surface area contributed by atoms with Crippen LogP contribution in [0, 0.1) is 0 Å². The third-order valence-corrected chi connectivity index (χ3v) is 2.76. The molecular formula is C12H12F2N2O3. The van der Waals surface area contributed by atoms with Gasteiger partial charge in [0.25, 0.3) is 0 Å². The summed E-state index contributed by atoms with van der Waals surface area (Å²) in [5, 5.41) is 5.21. The summed E-state index contributed by atoms with van der Waals surface area (Å²) in [4.78, 5) is 23.0. The Hall–Kier alpha value is -2.18. The Morgan fingerprint density at radius 3 is 2.79 bits per heavy atom. The van der Waals surface area contributed by atoms with Crippen molar-refractivity contribution in [1.29, 1.82) is 0 Å². The average molecular weight is 270 g/mol. The van der Waals surface area contributed by atoms with Crippen LogP contribution in [0.5, 0.6) is 0 Å². The van der Waals surface area contributed by atoms with Gasteiger partial charge in [-0.1, -0.05) is 0 Å². The van der Waals surface area contributed by atoms with Crippen LogP contribution in [-0.4, -0.2) is 31.5 Å². The van der Waals surface area contributed by atoms with E-state index in [-0.39, 0.29) is 5.56 Å². The fourth-order valence-electron chi connectivity index (χ4n) is 1.84. The maximum Gasteiger partial charge on any atom is 0.337 e. The monoisotopic (exact) mass is 270 g/mol. The molecule has 1 unspecified atom stereocenters. The number of nitrogens with one attached hydrogen (secondary N) is 2. The first-order valence-electron chi connectivity index (χ1n) is 5.59. The van der Waals surface area contributed by atoms with E-state index in [1.165, 1.54) is 19.2 Å². The highest BCUT2D eigenvalue weighted by Crippen LogP contribution is 2.29. The number of rotatable bonds is 3. The van der Waals surface area contributed by atoms with Crippen LogP contribution in [0.25, 0.3) is 0 Å². The molecule has 0 radical (unpaired) electrons. The first-order valence-corrected chi connectivity index (χ1v) is 5.59. The molecule has 2 N–H and O–H groups in total. The summed E-state index contributed by atoms with van der Waals surface area (Å²) >= 11 is 0. The smallest absolute Gasteiger partial charge is 0.337 e. The van der Waals surface area contributed by atoms with Gasteiger partial charge in [-0.15, -0.1) is 0 Å². The topological polar surface area (TPSA) is 67.4 Å². The molecule has 7 heteroatoms. The first kappa shape index (κ1) is 13.3. The molecule has 5 nitrogen and oxygen atoms in total. The van der Waals surface area contributed by atoms with Crippen molar-refractivity contribution in [2.45, 2.75) is 18.9 Å². The van der Waals surface area contributed by atoms with Gasteiger partial charge in [-0.2, -0.15) is 0 Å². The number of carbonyl (C=O) groups excluding carboxylic acids is 2. The van der Waals surface area contributed by atoms with Crippen molar-refractivity contribution >= 4 is 23.3 Å². The van der Waals surface area contributed by atoms with Crippen molar-refractivity contribution in [2.24, 2.45) is 0 Å². The molecule has 1 atom stereocenters. The summed E-state index contributed by atoms with van der Waals surface area (Å²) in [5.74, 6) is -1.08. The lowest BCUT2D eigenvalue weighted by Crippen LogP contribution is -2.40. The number of hydrogen-bond acceptors (Lipinski definition) is 4. The fourth-order valence-corrected chi connectivity index (χ4v) is 1.84.